The van der Waals surface area contributed by atoms with Gasteiger partial charge in [-0.25, -0.2) is 0 Å². The Morgan fingerprint density at radius 3 is 2.70 bits per heavy atom. The number of hydrogen-bond donors (Lipinski definition) is 1. The van der Waals surface area contributed by atoms with E-state index < -0.39 is 0 Å². The summed E-state index contributed by atoms with van der Waals surface area (Å²) >= 11 is 1.81. The van der Waals surface area contributed by atoms with Gasteiger partial charge in [0.2, 0.25) is 0 Å². The van der Waals surface area contributed by atoms with Crippen LogP contribution in [-0.2, 0) is 12.3 Å². The molecule has 2 bridgehead atoms. The van der Waals surface area contributed by atoms with E-state index in [0.29, 0.717) is 16.9 Å². The van der Waals surface area contributed by atoms with Crippen LogP contribution >= 0.6 is 11.8 Å². The van der Waals surface area contributed by atoms with E-state index in [1.165, 1.54) is 19.3 Å². The fraction of sp³-hybridized carbons (Fsp3) is 0.765. The van der Waals surface area contributed by atoms with Crippen molar-refractivity contribution in [1.82, 2.24) is 5.32 Å². The monoisotopic (exact) mass is 293 g/mol. The highest BCUT2D eigenvalue weighted by Crippen LogP contribution is 2.62. The van der Waals surface area contributed by atoms with Crippen LogP contribution in [0.25, 0.3) is 0 Å². The number of hydrogen-bond acceptors (Lipinski definition) is 3. The molecule has 1 aromatic heterocycles. The molecule has 0 amide bonds. The van der Waals surface area contributed by atoms with Gasteiger partial charge in [0.05, 0.1) is 12.3 Å². The van der Waals surface area contributed by atoms with Crippen molar-refractivity contribution in [2.24, 2.45) is 16.7 Å². The first-order valence-corrected chi connectivity index (χ1v) is 9.15. The predicted octanol–water partition coefficient (Wildman–Crippen LogP) is 4.45. The quantitative estimate of drug-likeness (QED) is 0.868. The van der Waals surface area contributed by atoms with Crippen LogP contribution in [0, 0.1) is 16.7 Å². The predicted molar refractivity (Wildman–Crippen MR) is 85.8 cm³/mol. The molecule has 0 aromatic carbocycles. The van der Waals surface area contributed by atoms with Gasteiger partial charge in [0.1, 0.15) is 11.5 Å². The minimum Gasteiger partial charge on any atom is -0.464 e. The average molecular weight is 293 g/mol. The highest BCUT2D eigenvalue weighted by Gasteiger charge is 2.58. The van der Waals surface area contributed by atoms with E-state index in [-0.39, 0.29) is 0 Å². The van der Waals surface area contributed by atoms with Crippen molar-refractivity contribution in [3.8, 4) is 0 Å². The van der Waals surface area contributed by atoms with Gasteiger partial charge in [0.25, 0.3) is 0 Å². The molecule has 2 saturated carbocycles. The topological polar surface area (TPSA) is 25.2 Å². The van der Waals surface area contributed by atoms with Crippen molar-refractivity contribution in [2.75, 3.05) is 6.26 Å². The minimum absolute atomic E-state index is 0.418. The third kappa shape index (κ3) is 2.33. The van der Waals surface area contributed by atoms with Crippen molar-refractivity contribution in [1.29, 1.82) is 0 Å². The third-order valence-corrected chi connectivity index (χ3v) is 6.33. The van der Waals surface area contributed by atoms with Gasteiger partial charge in [-0.2, -0.15) is 11.8 Å². The molecule has 2 aliphatic carbocycles. The Hall–Kier alpha value is -0.410. The molecular weight excluding hydrogens is 266 g/mol. The van der Waals surface area contributed by atoms with Gasteiger partial charge < -0.3 is 9.73 Å². The lowest BCUT2D eigenvalue weighted by molar-refractivity contribution is 0.106. The molecule has 3 unspecified atom stereocenters. The maximum Gasteiger partial charge on any atom is 0.118 e. The Labute approximate surface area is 127 Å². The molecule has 1 heterocycles. The number of furan rings is 1. The van der Waals surface area contributed by atoms with Crippen molar-refractivity contribution in [3.05, 3.63) is 23.7 Å². The van der Waals surface area contributed by atoms with E-state index in [9.17, 15) is 0 Å². The Kier molecular flexibility index (Phi) is 3.70. The Morgan fingerprint density at radius 1 is 1.30 bits per heavy atom. The van der Waals surface area contributed by atoms with Gasteiger partial charge >= 0.3 is 0 Å². The minimum atomic E-state index is 0.418. The summed E-state index contributed by atoms with van der Waals surface area (Å²) in [6, 6.07) is 4.85. The van der Waals surface area contributed by atoms with Crippen molar-refractivity contribution in [3.63, 3.8) is 0 Å². The zero-order chi connectivity index (χ0) is 14.4. The Balaban J connectivity index is 1.65. The Morgan fingerprint density at radius 2 is 2.05 bits per heavy atom. The van der Waals surface area contributed by atoms with Crippen molar-refractivity contribution < 1.29 is 4.42 Å². The summed E-state index contributed by atoms with van der Waals surface area (Å²) in [6.07, 6.45) is 6.31. The number of rotatable bonds is 5. The molecule has 3 atom stereocenters. The highest BCUT2D eigenvalue weighted by molar-refractivity contribution is 7.97. The lowest BCUT2D eigenvalue weighted by Gasteiger charge is -2.43. The van der Waals surface area contributed by atoms with Crippen LogP contribution < -0.4 is 5.32 Å². The zero-order valence-corrected chi connectivity index (χ0v) is 14.0. The van der Waals surface area contributed by atoms with E-state index >= 15 is 0 Å². The largest absolute Gasteiger partial charge is 0.464 e. The maximum absolute atomic E-state index is 5.88. The van der Waals surface area contributed by atoms with Gasteiger partial charge in [-0.1, -0.05) is 20.8 Å². The molecular formula is C17H27NOS. The van der Waals surface area contributed by atoms with Crippen molar-refractivity contribution >= 4 is 11.8 Å². The van der Waals surface area contributed by atoms with Gasteiger partial charge in [0.15, 0.2) is 0 Å². The van der Waals surface area contributed by atoms with Crippen LogP contribution in [0.3, 0.4) is 0 Å². The summed E-state index contributed by atoms with van der Waals surface area (Å²) in [5.41, 5.74) is 0.907. The third-order valence-electron chi connectivity index (χ3n) is 5.75. The van der Waals surface area contributed by atoms with E-state index in [0.717, 1.165) is 29.7 Å². The molecule has 0 aliphatic heterocycles. The molecule has 0 radical (unpaired) electrons. The lowest BCUT2D eigenvalue weighted by atomic mass is 9.68. The summed E-state index contributed by atoms with van der Waals surface area (Å²) in [6.45, 7) is 8.23. The molecule has 20 heavy (non-hydrogen) atoms. The van der Waals surface area contributed by atoms with Gasteiger partial charge in [-0.05, 0) is 54.4 Å². The molecule has 0 saturated heterocycles. The van der Waals surface area contributed by atoms with Crippen LogP contribution in [0.4, 0.5) is 0 Å². The van der Waals surface area contributed by atoms with Crippen LogP contribution in [-0.4, -0.2) is 12.3 Å². The number of thioether (sulfide) groups is 1. The van der Waals surface area contributed by atoms with Crippen LogP contribution in [0.15, 0.2) is 16.5 Å². The van der Waals surface area contributed by atoms with Gasteiger partial charge in [-0.15, -0.1) is 0 Å². The summed E-state index contributed by atoms with van der Waals surface area (Å²) in [4.78, 5) is 0. The molecule has 2 aliphatic rings. The standard InChI is InChI=1S/C17H27NOS/c1-16(2)12-7-8-17(3,9-12)15(16)18-10-13-5-6-14(19-13)11-20-4/h5-6,12,15,18H,7-11H2,1-4H3. The Bertz CT molecular complexity index is 476. The van der Waals surface area contributed by atoms with Gasteiger partial charge in [-0.3, -0.25) is 0 Å². The van der Waals surface area contributed by atoms with Gasteiger partial charge in [0, 0.05) is 6.04 Å². The van der Waals surface area contributed by atoms with Crippen LogP contribution in [0.5, 0.6) is 0 Å². The summed E-state index contributed by atoms with van der Waals surface area (Å²) in [5, 5.41) is 3.81. The molecule has 0 spiro atoms. The zero-order valence-electron chi connectivity index (χ0n) is 13.2. The molecule has 112 valence electrons. The number of fused-ring (bicyclic) bond motifs is 2. The summed E-state index contributed by atoms with van der Waals surface area (Å²) in [5.74, 6) is 4.03. The van der Waals surface area contributed by atoms with Crippen molar-refractivity contribution in [2.45, 2.75) is 58.4 Å². The maximum atomic E-state index is 5.88. The average Bonchev–Trinajstić information content (AvgIpc) is 3.01. The van der Waals surface area contributed by atoms with E-state index in [4.69, 9.17) is 4.42 Å². The second kappa shape index (κ2) is 5.10. The first-order chi connectivity index (χ1) is 9.45. The first-order valence-electron chi connectivity index (χ1n) is 7.75. The molecule has 2 fully saturated rings. The second-order valence-electron chi connectivity index (χ2n) is 7.53. The fourth-order valence-electron chi connectivity index (χ4n) is 4.75. The summed E-state index contributed by atoms with van der Waals surface area (Å²) in [7, 11) is 0. The molecule has 1 aromatic rings. The van der Waals surface area contributed by atoms with Crippen LogP contribution in [0.2, 0.25) is 0 Å². The molecule has 1 N–H and O–H groups in total. The second-order valence-corrected chi connectivity index (χ2v) is 8.40. The fourth-order valence-corrected chi connectivity index (χ4v) is 5.19. The normalized spacial score (nSPS) is 34.8. The van der Waals surface area contributed by atoms with E-state index in [1.54, 1.807) is 11.8 Å². The number of nitrogens with one attached hydrogen (secondary N) is 1. The molecule has 3 heteroatoms. The highest BCUT2D eigenvalue weighted by atomic mass is 32.2. The van der Waals surface area contributed by atoms with Crippen LogP contribution in [0.1, 0.15) is 51.6 Å². The SMILES string of the molecule is CSCc1ccc(CNC2C3(C)CCC(C3)C2(C)C)o1. The van der Waals surface area contributed by atoms with E-state index in [2.05, 4.69) is 44.5 Å². The first kappa shape index (κ1) is 14.5. The lowest BCUT2D eigenvalue weighted by Crippen LogP contribution is -2.49. The summed E-state index contributed by atoms with van der Waals surface area (Å²) < 4.78 is 5.88. The molecule has 2 nitrogen and oxygen atoms in total. The smallest absolute Gasteiger partial charge is 0.118 e. The molecule has 3 rings (SSSR count). The van der Waals surface area contributed by atoms with E-state index in [1.807, 2.05) is 0 Å².